The van der Waals surface area contributed by atoms with Crippen molar-refractivity contribution in [1.29, 1.82) is 0 Å². The molecule has 2 rings (SSSR count). The average molecular weight is 276 g/mol. The summed E-state index contributed by atoms with van der Waals surface area (Å²) in [7, 11) is 4.13. The third kappa shape index (κ3) is 5.41. The monoisotopic (exact) mass is 276 g/mol. The van der Waals surface area contributed by atoms with E-state index in [2.05, 4.69) is 42.5 Å². The summed E-state index contributed by atoms with van der Waals surface area (Å²) in [5.74, 6) is 0.963. The lowest BCUT2D eigenvalue weighted by atomic mass is 10.1. The fraction of sp³-hybridized carbons (Fsp3) is 0.647. The summed E-state index contributed by atoms with van der Waals surface area (Å²) >= 11 is 0. The largest absolute Gasteiger partial charge is 0.492 e. The molecule has 0 bridgehead atoms. The SMILES string of the molecule is CN(C)CCOc1cccc(NC2CCCCCC2)c1. The quantitative estimate of drug-likeness (QED) is 0.801. The van der Waals surface area contributed by atoms with E-state index in [0.717, 1.165) is 18.9 Å². The summed E-state index contributed by atoms with van der Waals surface area (Å²) in [5, 5.41) is 3.67. The van der Waals surface area contributed by atoms with Crippen LogP contribution in [-0.2, 0) is 0 Å². The molecule has 0 saturated heterocycles. The Morgan fingerprint density at radius 1 is 1.15 bits per heavy atom. The van der Waals surface area contributed by atoms with Crippen LogP contribution in [0.2, 0.25) is 0 Å². The summed E-state index contributed by atoms with van der Waals surface area (Å²) in [6, 6.07) is 9.01. The minimum absolute atomic E-state index is 0.634. The molecule has 0 atom stereocenters. The van der Waals surface area contributed by atoms with E-state index in [1.807, 2.05) is 6.07 Å². The van der Waals surface area contributed by atoms with Gasteiger partial charge in [0, 0.05) is 24.3 Å². The molecule has 1 fully saturated rings. The number of hydrogen-bond donors (Lipinski definition) is 1. The van der Waals surface area contributed by atoms with Gasteiger partial charge >= 0.3 is 0 Å². The van der Waals surface area contributed by atoms with Crippen molar-refractivity contribution in [3.05, 3.63) is 24.3 Å². The predicted molar refractivity (Wildman–Crippen MR) is 85.6 cm³/mol. The van der Waals surface area contributed by atoms with Gasteiger partial charge in [0.25, 0.3) is 0 Å². The van der Waals surface area contributed by atoms with Gasteiger partial charge < -0.3 is 15.0 Å². The van der Waals surface area contributed by atoms with Crippen molar-refractivity contribution < 1.29 is 4.74 Å². The molecule has 112 valence electrons. The Bertz CT molecular complexity index is 384. The minimum Gasteiger partial charge on any atom is -0.492 e. The Morgan fingerprint density at radius 3 is 2.60 bits per heavy atom. The molecule has 0 spiro atoms. The predicted octanol–water partition coefficient (Wildman–Crippen LogP) is 3.76. The van der Waals surface area contributed by atoms with Gasteiger partial charge in [0.1, 0.15) is 12.4 Å². The molecule has 3 heteroatoms. The number of nitrogens with zero attached hydrogens (tertiary/aromatic N) is 1. The Labute approximate surface area is 123 Å². The number of anilines is 1. The van der Waals surface area contributed by atoms with Crippen LogP contribution in [0.5, 0.6) is 5.75 Å². The molecule has 1 N–H and O–H groups in total. The van der Waals surface area contributed by atoms with Crippen molar-refractivity contribution in [3.8, 4) is 5.75 Å². The summed E-state index contributed by atoms with van der Waals surface area (Å²) in [6.07, 6.45) is 8.10. The number of ether oxygens (including phenoxy) is 1. The molecule has 0 aliphatic heterocycles. The van der Waals surface area contributed by atoms with E-state index in [0.29, 0.717) is 6.04 Å². The molecule has 1 aliphatic rings. The second-order valence-corrected chi connectivity index (χ2v) is 6.01. The van der Waals surface area contributed by atoms with Gasteiger partial charge in [-0.05, 0) is 39.1 Å². The smallest absolute Gasteiger partial charge is 0.121 e. The van der Waals surface area contributed by atoms with Crippen molar-refractivity contribution in [2.75, 3.05) is 32.6 Å². The lowest BCUT2D eigenvalue weighted by Gasteiger charge is -2.18. The van der Waals surface area contributed by atoms with Crippen LogP contribution >= 0.6 is 0 Å². The van der Waals surface area contributed by atoms with Crippen LogP contribution in [0.15, 0.2) is 24.3 Å². The van der Waals surface area contributed by atoms with Crippen molar-refractivity contribution in [2.45, 2.75) is 44.6 Å². The molecule has 0 radical (unpaired) electrons. The summed E-state index contributed by atoms with van der Waals surface area (Å²) < 4.78 is 5.79. The Balaban J connectivity index is 1.84. The van der Waals surface area contributed by atoms with E-state index in [1.54, 1.807) is 0 Å². The Kier molecular flexibility index (Phi) is 6.19. The van der Waals surface area contributed by atoms with Gasteiger partial charge in [-0.25, -0.2) is 0 Å². The molecule has 0 amide bonds. The normalized spacial score (nSPS) is 16.9. The molecule has 20 heavy (non-hydrogen) atoms. The van der Waals surface area contributed by atoms with Crippen LogP contribution < -0.4 is 10.1 Å². The van der Waals surface area contributed by atoms with Crippen LogP contribution in [0, 0.1) is 0 Å². The molecule has 0 aromatic heterocycles. The Morgan fingerprint density at radius 2 is 1.90 bits per heavy atom. The summed E-state index contributed by atoms with van der Waals surface area (Å²) in [4.78, 5) is 2.13. The minimum atomic E-state index is 0.634. The number of rotatable bonds is 6. The highest BCUT2D eigenvalue weighted by Gasteiger charge is 2.11. The molecule has 1 aliphatic carbocycles. The highest BCUT2D eigenvalue weighted by molar-refractivity contribution is 5.48. The van der Waals surface area contributed by atoms with Gasteiger partial charge in [0.05, 0.1) is 0 Å². The van der Waals surface area contributed by atoms with Crippen LogP contribution in [-0.4, -0.2) is 38.2 Å². The first-order valence-corrected chi connectivity index (χ1v) is 7.88. The van der Waals surface area contributed by atoms with Gasteiger partial charge in [0.15, 0.2) is 0 Å². The molecule has 0 unspecified atom stereocenters. The van der Waals surface area contributed by atoms with Crippen molar-refractivity contribution >= 4 is 5.69 Å². The van der Waals surface area contributed by atoms with E-state index in [4.69, 9.17) is 4.74 Å². The summed E-state index contributed by atoms with van der Waals surface area (Å²) in [6.45, 7) is 1.68. The van der Waals surface area contributed by atoms with Crippen LogP contribution in [0.3, 0.4) is 0 Å². The third-order valence-electron chi connectivity index (χ3n) is 3.87. The second-order valence-electron chi connectivity index (χ2n) is 6.01. The van der Waals surface area contributed by atoms with Crippen LogP contribution in [0.4, 0.5) is 5.69 Å². The zero-order chi connectivity index (χ0) is 14.2. The summed E-state index contributed by atoms with van der Waals surface area (Å²) in [5.41, 5.74) is 1.19. The maximum Gasteiger partial charge on any atom is 0.121 e. The maximum atomic E-state index is 5.79. The van der Waals surface area contributed by atoms with Gasteiger partial charge in [-0.2, -0.15) is 0 Å². The zero-order valence-electron chi connectivity index (χ0n) is 12.9. The first-order chi connectivity index (χ1) is 9.74. The highest BCUT2D eigenvalue weighted by atomic mass is 16.5. The zero-order valence-corrected chi connectivity index (χ0v) is 12.9. The third-order valence-corrected chi connectivity index (χ3v) is 3.87. The van der Waals surface area contributed by atoms with E-state index >= 15 is 0 Å². The average Bonchev–Trinajstić information content (AvgIpc) is 2.67. The molecule has 1 saturated carbocycles. The molecule has 1 aromatic rings. The lowest BCUT2D eigenvalue weighted by Crippen LogP contribution is -2.20. The number of benzene rings is 1. The van der Waals surface area contributed by atoms with Gasteiger partial charge in [0.2, 0.25) is 0 Å². The van der Waals surface area contributed by atoms with Crippen LogP contribution in [0.1, 0.15) is 38.5 Å². The van der Waals surface area contributed by atoms with E-state index in [1.165, 1.54) is 44.2 Å². The van der Waals surface area contributed by atoms with E-state index in [-0.39, 0.29) is 0 Å². The fourth-order valence-electron chi connectivity index (χ4n) is 2.68. The molecule has 1 aromatic carbocycles. The maximum absolute atomic E-state index is 5.79. The van der Waals surface area contributed by atoms with Gasteiger partial charge in [-0.15, -0.1) is 0 Å². The topological polar surface area (TPSA) is 24.5 Å². The fourth-order valence-corrected chi connectivity index (χ4v) is 2.68. The number of nitrogens with one attached hydrogen (secondary N) is 1. The molecular formula is C17H28N2O. The number of hydrogen-bond acceptors (Lipinski definition) is 3. The van der Waals surface area contributed by atoms with E-state index in [9.17, 15) is 0 Å². The lowest BCUT2D eigenvalue weighted by molar-refractivity contribution is 0.261. The van der Waals surface area contributed by atoms with Crippen molar-refractivity contribution in [2.24, 2.45) is 0 Å². The van der Waals surface area contributed by atoms with Crippen LogP contribution in [0.25, 0.3) is 0 Å². The molecular weight excluding hydrogens is 248 g/mol. The second kappa shape index (κ2) is 8.15. The van der Waals surface area contributed by atoms with Gasteiger partial charge in [-0.3, -0.25) is 0 Å². The van der Waals surface area contributed by atoms with Crippen molar-refractivity contribution in [1.82, 2.24) is 4.90 Å². The molecule has 3 nitrogen and oxygen atoms in total. The standard InChI is InChI=1S/C17H28N2O/c1-19(2)12-13-20-17-11-7-10-16(14-17)18-15-8-5-3-4-6-9-15/h7,10-11,14-15,18H,3-6,8-9,12-13H2,1-2H3. The first-order valence-electron chi connectivity index (χ1n) is 7.88. The highest BCUT2D eigenvalue weighted by Crippen LogP contribution is 2.23. The van der Waals surface area contributed by atoms with Gasteiger partial charge in [-0.1, -0.05) is 31.7 Å². The van der Waals surface area contributed by atoms with E-state index < -0.39 is 0 Å². The number of likely N-dealkylation sites (N-methyl/N-ethyl adjacent to an activating group) is 1. The Hall–Kier alpha value is -1.22. The first kappa shape index (κ1) is 15.2. The molecule has 0 heterocycles. The van der Waals surface area contributed by atoms with Crippen molar-refractivity contribution in [3.63, 3.8) is 0 Å².